The van der Waals surface area contributed by atoms with Crippen molar-refractivity contribution >= 4 is 11.7 Å². The Morgan fingerprint density at radius 3 is 2.43 bits per heavy atom. The molecule has 1 heterocycles. The Morgan fingerprint density at radius 2 is 1.67 bits per heavy atom. The summed E-state index contributed by atoms with van der Waals surface area (Å²) in [5, 5.41) is 9.52. The first kappa shape index (κ1) is 19.4. The highest BCUT2D eigenvalue weighted by molar-refractivity contribution is 5.89. The number of nitrogens with zero attached hydrogens (tertiary/aromatic N) is 1. The van der Waals surface area contributed by atoms with Gasteiger partial charge in [-0.3, -0.25) is 0 Å². The highest BCUT2D eigenvalue weighted by Crippen LogP contribution is 2.51. The zero-order valence-corrected chi connectivity index (χ0v) is 17.6. The standard InChI is InChI=1S/C27H31NO2/c29-27(30)22-12-7-13-24(17-22)28-25-15-14-21(19-8-3-1-4-9-19)16-23(25)18-26(28)20-10-5-2-6-11-20/h2,5-7,10-13,17,19,21,26H,1,3-4,8-9,14-16,18H2,(H,29,30). The van der Waals surface area contributed by atoms with Crippen LogP contribution in [0.5, 0.6) is 0 Å². The summed E-state index contributed by atoms with van der Waals surface area (Å²) >= 11 is 0. The van der Waals surface area contributed by atoms with Crippen LogP contribution in [0, 0.1) is 11.8 Å². The topological polar surface area (TPSA) is 40.5 Å². The van der Waals surface area contributed by atoms with Crippen LogP contribution in [0.3, 0.4) is 0 Å². The van der Waals surface area contributed by atoms with Crippen molar-refractivity contribution < 1.29 is 9.90 Å². The van der Waals surface area contributed by atoms with E-state index in [2.05, 4.69) is 41.3 Å². The van der Waals surface area contributed by atoms with Crippen molar-refractivity contribution in [2.24, 2.45) is 11.8 Å². The van der Waals surface area contributed by atoms with Crippen molar-refractivity contribution in [3.63, 3.8) is 0 Å². The van der Waals surface area contributed by atoms with E-state index in [1.54, 1.807) is 11.6 Å². The molecule has 1 fully saturated rings. The molecule has 5 rings (SSSR count). The third-order valence-electron chi connectivity index (χ3n) is 7.58. The second-order valence-corrected chi connectivity index (χ2v) is 9.31. The molecule has 3 heteroatoms. The number of carbonyl (C=O) groups is 1. The van der Waals surface area contributed by atoms with Gasteiger partial charge in [0, 0.05) is 11.4 Å². The molecule has 0 spiro atoms. The average Bonchev–Trinajstić information content (AvgIpc) is 3.19. The molecule has 2 aromatic rings. The van der Waals surface area contributed by atoms with Crippen molar-refractivity contribution in [2.75, 3.05) is 4.90 Å². The van der Waals surface area contributed by atoms with E-state index in [9.17, 15) is 9.90 Å². The summed E-state index contributed by atoms with van der Waals surface area (Å²) in [5.41, 5.74) is 5.78. The fourth-order valence-corrected chi connectivity index (χ4v) is 6.11. The number of hydrogen-bond acceptors (Lipinski definition) is 2. The maximum Gasteiger partial charge on any atom is 0.335 e. The van der Waals surface area contributed by atoms with Gasteiger partial charge >= 0.3 is 5.97 Å². The van der Waals surface area contributed by atoms with Crippen LogP contribution in [0.15, 0.2) is 65.9 Å². The minimum atomic E-state index is -0.859. The van der Waals surface area contributed by atoms with E-state index in [-0.39, 0.29) is 6.04 Å². The van der Waals surface area contributed by atoms with E-state index < -0.39 is 5.97 Å². The van der Waals surface area contributed by atoms with Crippen molar-refractivity contribution in [2.45, 2.75) is 63.8 Å². The average molecular weight is 402 g/mol. The van der Waals surface area contributed by atoms with Gasteiger partial charge in [0.15, 0.2) is 0 Å². The summed E-state index contributed by atoms with van der Waals surface area (Å²) in [6.07, 6.45) is 11.8. The Hall–Kier alpha value is -2.55. The second-order valence-electron chi connectivity index (χ2n) is 9.31. The molecule has 0 radical (unpaired) electrons. The zero-order valence-electron chi connectivity index (χ0n) is 17.6. The van der Waals surface area contributed by atoms with E-state index in [1.807, 2.05) is 12.1 Å². The van der Waals surface area contributed by atoms with Crippen molar-refractivity contribution in [3.8, 4) is 0 Å². The molecule has 2 atom stereocenters. The molecule has 2 unspecified atom stereocenters. The smallest absolute Gasteiger partial charge is 0.335 e. The Bertz CT molecular complexity index is 942. The van der Waals surface area contributed by atoms with Crippen LogP contribution < -0.4 is 4.90 Å². The summed E-state index contributed by atoms with van der Waals surface area (Å²) < 4.78 is 0. The molecule has 3 aliphatic rings. The Balaban J connectivity index is 1.49. The number of anilines is 1. The van der Waals surface area contributed by atoms with Gasteiger partial charge in [-0.1, -0.05) is 68.5 Å². The lowest BCUT2D eigenvalue weighted by molar-refractivity contribution is 0.0697. The lowest BCUT2D eigenvalue weighted by Crippen LogP contribution is -2.26. The molecule has 0 saturated heterocycles. The summed E-state index contributed by atoms with van der Waals surface area (Å²) in [7, 11) is 0. The van der Waals surface area contributed by atoms with Crippen LogP contribution in [0.2, 0.25) is 0 Å². The van der Waals surface area contributed by atoms with E-state index in [0.29, 0.717) is 5.56 Å². The number of benzene rings is 2. The van der Waals surface area contributed by atoms with Crippen LogP contribution in [-0.4, -0.2) is 11.1 Å². The SMILES string of the molecule is O=C(O)c1cccc(N2C3=C(CC(C4CCCCC4)CC3)CC2c2ccccc2)c1. The van der Waals surface area contributed by atoms with Gasteiger partial charge in [-0.15, -0.1) is 0 Å². The van der Waals surface area contributed by atoms with Crippen LogP contribution in [0.1, 0.15) is 79.8 Å². The van der Waals surface area contributed by atoms with E-state index in [4.69, 9.17) is 0 Å². The summed E-state index contributed by atoms with van der Waals surface area (Å²) in [4.78, 5) is 14.0. The molecular weight excluding hydrogens is 370 g/mol. The van der Waals surface area contributed by atoms with E-state index in [1.165, 1.54) is 56.2 Å². The molecule has 3 nitrogen and oxygen atoms in total. The number of hydrogen-bond donors (Lipinski definition) is 1. The van der Waals surface area contributed by atoms with Gasteiger partial charge in [0.05, 0.1) is 11.6 Å². The Kier molecular flexibility index (Phi) is 5.37. The Morgan fingerprint density at radius 1 is 0.867 bits per heavy atom. The minimum Gasteiger partial charge on any atom is -0.478 e. The van der Waals surface area contributed by atoms with Gasteiger partial charge in [0.25, 0.3) is 0 Å². The first-order valence-electron chi connectivity index (χ1n) is 11.6. The first-order chi connectivity index (χ1) is 14.7. The molecule has 1 saturated carbocycles. The zero-order chi connectivity index (χ0) is 20.5. The number of aromatic carboxylic acids is 1. The van der Waals surface area contributed by atoms with Crippen molar-refractivity contribution in [1.82, 2.24) is 0 Å². The first-order valence-corrected chi connectivity index (χ1v) is 11.6. The second kappa shape index (κ2) is 8.29. The van der Waals surface area contributed by atoms with Gasteiger partial charge in [-0.2, -0.15) is 0 Å². The fraction of sp³-hybridized carbons (Fsp3) is 0.444. The molecule has 0 amide bonds. The molecule has 2 aromatic carbocycles. The molecule has 30 heavy (non-hydrogen) atoms. The van der Waals surface area contributed by atoms with Crippen LogP contribution in [-0.2, 0) is 0 Å². The van der Waals surface area contributed by atoms with Gasteiger partial charge in [0.2, 0.25) is 0 Å². The molecule has 0 aromatic heterocycles. The lowest BCUT2D eigenvalue weighted by atomic mass is 9.72. The van der Waals surface area contributed by atoms with Gasteiger partial charge in [0.1, 0.15) is 0 Å². The largest absolute Gasteiger partial charge is 0.478 e. The molecule has 0 bridgehead atoms. The minimum absolute atomic E-state index is 0.269. The maximum atomic E-state index is 11.6. The van der Waals surface area contributed by atoms with E-state index >= 15 is 0 Å². The maximum absolute atomic E-state index is 11.6. The van der Waals surface area contributed by atoms with E-state index in [0.717, 1.165) is 30.4 Å². The number of allylic oxidation sites excluding steroid dienone is 1. The predicted molar refractivity (Wildman–Crippen MR) is 121 cm³/mol. The van der Waals surface area contributed by atoms with Gasteiger partial charge < -0.3 is 10.0 Å². The van der Waals surface area contributed by atoms with Gasteiger partial charge in [-0.05, 0) is 66.9 Å². The number of carboxylic acids is 1. The van der Waals surface area contributed by atoms with Crippen LogP contribution in [0.4, 0.5) is 5.69 Å². The number of carboxylic acid groups (broad SMARTS) is 1. The fourth-order valence-electron chi connectivity index (χ4n) is 6.11. The molecular formula is C27H31NO2. The third kappa shape index (κ3) is 3.66. The highest BCUT2D eigenvalue weighted by Gasteiger charge is 2.38. The molecule has 1 aliphatic heterocycles. The predicted octanol–water partition coefficient (Wildman–Crippen LogP) is 6.97. The van der Waals surface area contributed by atoms with Crippen LogP contribution in [0.25, 0.3) is 0 Å². The quantitative estimate of drug-likeness (QED) is 0.601. The van der Waals surface area contributed by atoms with Crippen molar-refractivity contribution in [1.29, 1.82) is 0 Å². The highest BCUT2D eigenvalue weighted by atomic mass is 16.4. The summed E-state index contributed by atoms with van der Waals surface area (Å²) in [6.45, 7) is 0. The molecule has 156 valence electrons. The molecule has 1 N–H and O–H groups in total. The number of rotatable bonds is 4. The Labute approximate surface area is 179 Å². The third-order valence-corrected chi connectivity index (χ3v) is 7.58. The summed E-state index contributed by atoms with van der Waals surface area (Å²) in [5.74, 6) is 0.889. The monoisotopic (exact) mass is 401 g/mol. The molecule has 2 aliphatic carbocycles. The normalized spacial score (nSPS) is 24.7. The summed E-state index contributed by atoms with van der Waals surface area (Å²) in [6, 6.07) is 18.5. The van der Waals surface area contributed by atoms with Gasteiger partial charge in [-0.25, -0.2) is 4.79 Å². The lowest BCUT2D eigenvalue weighted by Gasteiger charge is -2.36. The van der Waals surface area contributed by atoms with Crippen LogP contribution >= 0.6 is 0 Å². The van der Waals surface area contributed by atoms with Crippen molar-refractivity contribution in [3.05, 3.63) is 77.0 Å².